The minimum atomic E-state index is -0.112. The molecule has 2 nitrogen and oxygen atoms in total. The molecule has 4 heteroatoms. The highest BCUT2D eigenvalue weighted by Crippen LogP contribution is 2.38. The second-order valence-corrected chi connectivity index (χ2v) is 6.51. The van der Waals surface area contributed by atoms with Crippen LogP contribution in [0.4, 0.5) is 0 Å². The number of halogens is 2. The molecule has 0 bridgehead atoms. The minimum absolute atomic E-state index is 0.0846. The molecule has 1 N–H and O–H groups in total. The number of nitrogens with one attached hydrogen (secondary N) is 1. The van der Waals surface area contributed by atoms with Crippen molar-refractivity contribution in [3.05, 3.63) is 69.7 Å². The molecule has 114 valence electrons. The largest absolute Gasteiger partial charge is 0.302 e. The molecule has 2 aromatic carbocycles. The SMILES string of the molecule is CC1C(=O)CC(c2ccccc2Cl)NC1c1ccccc1Cl. The Morgan fingerprint density at radius 3 is 2.09 bits per heavy atom. The van der Waals surface area contributed by atoms with Gasteiger partial charge in [0.15, 0.2) is 0 Å². The average molecular weight is 334 g/mol. The van der Waals surface area contributed by atoms with Crippen molar-refractivity contribution in [2.24, 2.45) is 5.92 Å². The van der Waals surface area contributed by atoms with Crippen molar-refractivity contribution in [3.63, 3.8) is 0 Å². The van der Waals surface area contributed by atoms with Crippen molar-refractivity contribution in [1.82, 2.24) is 5.32 Å². The van der Waals surface area contributed by atoms with Gasteiger partial charge in [-0.25, -0.2) is 0 Å². The van der Waals surface area contributed by atoms with Gasteiger partial charge in [0.1, 0.15) is 5.78 Å². The average Bonchev–Trinajstić information content (AvgIpc) is 2.51. The van der Waals surface area contributed by atoms with E-state index in [4.69, 9.17) is 23.2 Å². The molecule has 1 aliphatic rings. The molecule has 0 radical (unpaired) electrons. The quantitative estimate of drug-likeness (QED) is 0.840. The molecule has 0 saturated carbocycles. The van der Waals surface area contributed by atoms with Crippen LogP contribution in [0.3, 0.4) is 0 Å². The molecule has 1 aliphatic heterocycles. The van der Waals surface area contributed by atoms with Gasteiger partial charge in [0.05, 0.1) is 0 Å². The molecule has 1 fully saturated rings. The van der Waals surface area contributed by atoms with E-state index < -0.39 is 0 Å². The second-order valence-electron chi connectivity index (χ2n) is 5.70. The highest BCUT2D eigenvalue weighted by atomic mass is 35.5. The van der Waals surface area contributed by atoms with E-state index in [0.717, 1.165) is 11.1 Å². The summed E-state index contributed by atoms with van der Waals surface area (Å²) in [5.74, 6) is 0.118. The van der Waals surface area contributed by atoms with Crippen molar-refractivity contribution in [1.29, 1.82) is 0 Å². The number of Topliss-reactive ketones (excluding diaryl/α,β-unsaturated/α-hetero) is 1. The zero-order valence-electron chi connectivity index (χ0n) is 12.2. The molecule has 3 unspecified atom stereocenters. The lowest BCUT2D eigenvalue weighted by atomic mass is 9.82. The highest BCUT2D eigenvalue weighted by molar-refractivity contribution is 6.31. The van der Waals surface area contributed by atoms with E-state index in [0.29, 0.717) is 16.5 Å². The molecule has 0 amide bonds. The van der Waals surface area contributed by atoms with E-state index in [9.17, 15) is 4.79 Å². The van der Waals surface area contributed by atoms with E-state index in [1.165, 1.54) is 0 Å². The number of hydrogen-bond donors (Lipinski definition) is 1. The van der Waals surface area contributed by atoms with Gasteiger partial charge in [0, 0.05) is 34.5 Å². The Hall–Kier alpha value is -1.35. The van der Waals surface area contributed by atoms with E-state index >= 15 is 0 Å². The van der Waals surface area contributed by atoms with Gasteiger partial charge in [0.25, 0.3) is 0 Å². The molecule has 0 aromatic heterocycles. The highest BCUT2D eigenvalue weighted by Gasteiger charge is 2.36. The van der Waals surface area contributed by atoms with Crippen LogP contribution >= 0.6 is 23.2 Å². The summed E-state index contributed by atoms with van der Waals surface area (Å²) in [6.07, 6.45) is 0.450. The van der Waals surface area contributed by atoms with Crippen LogP contribution in [0, 0.1) is 5.92 Å². The van der Waals surface area contributed by atoms with E-state index in [-0.39, 0.29) is 23.8 Å². The molecule has 3 rings (SSSR count). The van der Waals surface area contributed by atoms with Crippen LogP contribution < -0.4 is 5.32 Å². The molecule has 22 heavy (non-hydrogen) atoms. The Kier molecular flexibility index (Phi) is 4.53. The molecular formula is C18H17Cl2NO. The lowest BCUT2D eigenvalue weighted by molar-refractivity contribution is -0.126. The zero-order chi connectivity index (χ0) is 15.7. The predicted molar refractivity (Wildman–Crippen MR) is 90.3 cm³/mol. The van der Waals surface area contributed by atoms with Crippen LogP contribution in [0.2, 0.25) is 10.0 Å². The first-order chi connectivity index (χ1) is 10.6. The van der Waals surface area contributed by atoms with Gasteiger partial charge in [-0.05, 0) is 23.3 Å². The molecule has 1 heterocycles. The maximum atomic E-state index is 12.5. The predicted octanol–water partition coefficient (Wildman–Crippen LogP) is 4.97. The fourth-order valence-electron chi connectivity index (χ4n) is 3.04. The molecule has 1 saturated heterocycles. The third-order valence-corrected chi connectivity index (χ3v) is 5.00. The maximum Gasteiger partial charge on any atom is 0.139 e. The first-order valence-electron chi connectivity index (χ1n) is 7.35. The minimum Gasteiger partial charge on any atom is -0.302 e. The topological polar surface area (TPSA) is 29.1 Å². The smallest absolute Gasteiger partial charge is 0.139 e. The second kappa shape index (κ2) is 6.41. The van der Waals surface area contributed by atoms with E-state index in [2.05, 4.69) is 5.32 Å². The summed E-state index contributed by atoms with van der Waals surface area (Å²) in [4.78, 5) is 12.5. The van der Waals surface area contributed by atoms with E-state index in [1.54, 1.807) is 0 Å². The van der Waals surface area contributed by atoms with Crippen LogP contribution in [0.25, 0.3) is 0 Å². The summed E-state index contributed by atoms with van der Waals surface area (Å²) in [6, 6.07) is 15.1. The Morgan fingerprint density at radius 2 is 1.50 bits per heavy atom. The van der Waals surface area contributed by atoms with Gasteiger partial charge < -0.3 is 5.32 Å². The first kappa shape index (κ1) is 15.5. The van der Waals surface area contributed by atoms with Crippen LogP contribution in [0.1, 0.15) is 36.6 Å². The lowest BCUT2D eigenvalue weighted by Gasteiger charge is -2.36. The third-order valence-electron chi connectivity index (χ3n) is 4.31. The van der Waals surface area contributed by atoms with Gasteiger partial charge in [-0.15, -0.1) is 0 Å². The first-order valence-corrected chi connectivity index (χ1v) is 8.11. The number of rotatable bonds is 2. The van der Waals surface area contributed by atoms with Crippen molar-refractivity contribution in [3.8, 4) is 0 Å². The Bertz CT molecular complexity index is 701. The Labute approximate surface area is 140 Å². The van der Waals surface area contributed by atoms with Gasteiger partial charge in [-0.3, -0.25) is 4.79 Å². The van der Waals surface area contributed by atoms with Crippen molar-refractivity contribution in [2.75, 3.05) is 0 Å². The van der Waals surface area contributed by atoms with Crippen molar-refractivity contribution >= 4 is 29.0 Å². The monoisotopic (exact) mass is 333 g/mol. The Balaban J connectivity index is 1.96. The molecular weight excluding hydrogens is 317 g/mol. The van der Waals surface area contributed by atoms with Gasteiger partial charge in [-0.1, -0.05) is 66.5 Å². The van der Waals surface area contributed by atoms with E-state index in [1.807, 2.05) is 55.5 Å². The Morgan fingerprint density at radius 1 is 0.955 bits per heavy atom. The van der Waals surface area contributed by atoms with Crippen LogP contribution in [-0.2, 0) is 4.79 Å². The van der Waals surface area contributed by atoms with Gasteiger partial charge in [-0.2, -0.15) is 0 Å². The zero-order valence-corrected chi connectivity index (χ0v) is 13.7. The normalized spacial score (nSPS) is 25.2. The number of carbonyl (C=O) groups is 1. The fourth-order valence-corrected chi connectivity index (χ4v) is 3.56. The summed E-state index contributed by atoms with van der Waals surface area (Å²) in [5.41, 5.74) is 1.92. The number of piperidine rings is 1. The number of hydrogen-bond acceptors (Lipinski definition) is 2. The van der Waals surface area contributed by atoms with Crippen LogP contribution in [0.15, 0.2) is 48.5 Å². The lowest BCUT2D eigenvalue weighted by Crippen LogP contribution is -2.41. The molecule has 2 aromatic rings. The standard InChI is InChI=1S/C18H17Cl2NO/c1-11-17(22)10-16(12-6-2-4-8-14(12)19)21-18(11)13-7-3-5-9-15(13)20/h2-9,11,16,18,21H,10H2,1H3. The maximum absolute atomic E-state index is 12.5. The molecule has 0 aliphatic carbocycles. The molecule has 0 spiro atoms. The number of ketones is 1. The number of benzene rings is 2. The third kappa shape index (κ3) is 2.91. The summed E-state index contributed by atoms with van der Waals surface area (Å²) in [5, 5.41) is 4.92. The van der Waals surface area contributed by atoms with Crippen molar-refractivity contribution in [2.45, 2.75) is 25.4 Å². The summed E-state index contributed by atoms with van der Waals surface area (Å²) in [7, 11) is 0. The fraction of sp³-hybridized carbons (Fsp3) is 0.278. The summed E-state index contributed by atoms with van der Waals surface area (Å²) >= 11 is 12.6. The summed E-state index contributed by atoms with van der Waals surface area (Å²) < 4.78 is 0. The van der Waals surface area contributed by atoms with Crippen LogP contribution in [-0.4, -0.2) is 5.78 Å². The summed E-state index contributed by atoms with van der Waals surface area (Å²) in [6.45, 7) is 1.95. The van der Waals surface area contributed by atoms with Gasteiger partial charge in [0.2, 0.25) is 0 Å². The van der Waals surface area contributed by atoms with Gasteiger partial charge >= 0.3 is 0 Å². The molecule has 3 atom stereocenters. The van der Waals surface area contributed by atoms with Crippen LogP contribution in [0.5, 0.6) is 0 Å². The number of carbonyl (C=O) groups excluding carboxylic acids is 1. The van der Waals surface area contributed by atoms with Crippen molar-refractivity contribution < 1.29 is 4.79 Å².